The van der Waals surface area contributed by atoms with Crippen molar-refractivity contribution in [3.63, 3.8) is 0 Å². The number of nitrogens with zero attached hydrogens (tertiary/aromatic N) is 4. The van der Waals surface area contributed by atoms with Crippen molar-refractivity contribution in [2.75, 3.05) is 13.1 Å². The van der Waals surface area contributed by atoms with E-state index < -0.39 is 0 Å². The van der Waals surface area contributed by atoms with E-state index in [1.54, 1.807) is 4.68 Å². The van der Waals surface area contributed by atoms with Crippen molar-refractivity contribution < 1.29 is 0 Å². The van der Waals surface area contributed by atoms with Gasteiger partial charge in [-0.25, -0.2) is 4.68 Å². The smallest absolute Gasteiger partial charge is 0.0971 e. The van der Waals surface area contributed by atoms with Gasteiger partial charge in [0.05, 0.1) is 17.6 Å². The summed E-state index contributed by atoms with van der Waals surface area (Å²) in [6.07, 6.45) is 4.58. The Kier molecular flexibility index (Phi) is 3.30. The van der Waals surface area contributed by atoms with E-state index in [9.17, 15) is 0 Å². The summed E-state index contributed by atoms with van der Waals surface area (Å²) in [4.78, 5) is 2.41. The predicted molar refractivity (Wildman–Crippen MR) is 70.9 cm³/mol. The first-order valence-electron chi connectivity index (χ1n) is 6.21. The minimum absolute atomic E-state index is 0.733. The minimum Gasteiger partial charge on any atom is -0.297 e. The fourth-order valence-corrected chi connectivity index (χ4v) is 2.39. The predicted octanol–water partition coefficient (Wildman–Crippen LogP) is 2.52. The zero-order valence-electron chi connectivity index (χ0n) is 10.1. The maximum atomic E-state index is 5.87. The molecule has 2 aromatic rings. The van der Waals surface area contributed by atoms with E-state index in [0.717, 1.165) is 22.9 Å². The lowest BCUT2D eigenvalue weighted by Gasteiger charge is -2.11. The highest BCUT2D eigenvalue weighted by Gasteiger charge is 2.13. The van der Waals surface area contributed by atoms with E-state index >= 15 is 0 Å². The van der Waals surface area contributed by atoms with Gasteiger partial charge in [-0.1, -0.05) is 16.8 Å². The van der Waals surface area contributed by atoms with Gasteiger partial charge in [0.25, 0.3) is 0 Å². The SMILES string of the molecule is Clc1ccc(-n2cc(CN3CCCC3)nn2)cc1. The van der Waals surface area contributed by atoms with Crippen molar-refractivity contribution in [1.29, 1.82) is 0 Å². The van der Waals surface area contributed by atoms with Crippen molar-refractivity contribution in [3.05, 3.63) is 41.2 Å². The van der Waals surface area contributed by atoms with E-state index in [0.29, 0.717) is 0 Å². The van der Waals surface area contributed by atoms with Gasteiger partial charge in [-0.05, 0) is 50.2 Å². The number of hydrogen-bond donors (Lipinski definition) is 0. The van der Waals surface area contributed by atoms with Crippen LogP contribution in [0.2, 0.25) is 5.02 Å². The summed E-state index contributed by atoms with van der Waals surface area (Å²) in [6, 6.07) is 7.60. The Labute approximate surface area is 111 Å². The molecule has 0 N–H and O–H groups in total. The lowest BCUT2D eigenvalue weighted by atomic mass is 10.3. The van der Waals surface area contributed by atoms with Crippen LogP contribution in [0.1, 0.15) is 18.5 Å². The van der Waals surface area contributed by atoms with Gasteiger partial charge in [-0.2, -0.15) is 0 Å². The number of halogens is 1. The first kappa shape index (κ1) is 11.7. The molecule has 0 aliphatic carbocycles. The molecule has 0 unspecified atom stereocenters. The summed E-state index contributed by atoms with van der Waals surface area (Å²) in [5.74, 6) is 0. The molecule has 0 bridgehead atoms. The first-order chi connectivity index (χ1) is 8.81. The van der Waals surface area contributed by atoms with Crippen molar-refractivity contribution in [3.8, 4) is 5.69 Å². The molecule has 1 aromatic heterocycles. The van der Waals surface area contributed by atoms with Gasteiger partial charge in [-0.3, -0.25) is 4.90 Å². The lowest BCUT2D eigenvalue weighted by Crippen LogP contribution is -2.18. The summed E-state index contributed by atoms with van der Waals surface area (Å²) in [5.41, 5.74) is 2.01. The summed E-state index contributed by atoms with van der Waals surface area (Å²) in [5, 5.41) is 9.10. The maximum Gasteiger partial charge on any atom is 0.0971 e. The molecule has 1 aliphatic heterocycles. The normalized spacial score (nSPS) is 16.3. The monoisotopic (exact) mass is 262 g/mol. The summed E-state index contributed by atoms with van der Waals surface area (Å²) < 4.78 is 1.79. The number of aromatic nitrogens is 3. The Bertz CT molecular complexity index is 514. The zero-order chi connectivity index (χ0) is 12.4. The minimum atomic E-state index is 0.733. The molecule has 0 radical (unpaired) electrons. The van der Waals surface area contributed by atoms with Crippen LogP contribution in [0.15, 0.2) is 30.5 Å². The Morgan fingerprint density at radius 1 is 1.11 bits per heavy atom. The van der Waals surface area contributed by atoms with E-state index in [1.807, 2.05) is 30.5 Å². The number of benzene rings is 1. The third kappa shape index (κ3) is 2.54. The number of likely N-dealkylation sites (tertiary alicyclic amines) is 1. The molecule has 94 valence electrons. The Morgan fingerprint density at radius 3 is 2.56 bits per heavy atom. The van der Waals surface area contributed by atoms with Crippen molar-refractivity contribution in [1.82, 2.24) is 19.9 Å². The van der Waals surface area contributed by atoms with Crippen molar-refractivity contribution >= 4 is 11.6 Å². The third-order valence-corrected chi connectivity index (χ3v) is 3.47. The summed E-state index contributed by atoms with van der Waals surface area (Å²) >= 11 is 5.87. The van der Waals surface area contributed by atoms with Gasteiger partial charge in [0.2, 0.25) is 0 Å². The van der Waals surface area contributed by atoms with Crippen LogP contribution in [-0.4, -0.2) is 33.0 Å². The van der Waals surface area contributed by atoms with Crippen LogP contribution < -0.4 is 0 Å². The van der Waals surface area contributed by atoms with Crippen LogP contribution in [0.4, 0.5) is 0 Å². The highest BCUT2D eigenvalue weighted by molar-refractivity contribution is 6.30. The summed E-state index contributed by atoms with van der Waals surface area (Å²) in [6.45, 7) is 3.25. The van der Waals surface area contributed by atoms with Crippen LogP contribution in [0.25, 0.3) is 5.69 Å². The Morgan fingerprint density at radius 2 is 1.83 bits per heavy atom. The average Bonchev–Trinajstić information content (AvgIpc) is 3.02. The van der Waals surface area contributed by atoms with E-state index in [-0.39, 0.29) is 0 Å². The molecule has 2 heterocycles. The van der Waals surface area contributed by atoms with Gasteiger partial charge in [0.15, 0.2) is 0 Å². The molecule has 1 aliphatic rings. The fourth-order valence-electron chi connectivity index (χ4n) is 2.26. The molecule has 5 heteroatoms. The topological polar surface area (TPSA) is 34.0 Å². The lowest BCUT2D eigenvalue weighted by molar-refractivity contribution is 0.327. The molecule has 1 fully saturated rings. The van der Waals surface area contributed by atoms with Crippen LogP contribution in [0.5, 0.6) is 0 Å². The second kappa shape index (κ2) is 5.08. The average molecular weight is 263 g/mol. The molecule has 0 saturated carbocycles. The number of rotatable bonds is 3. The molecular formula is C13H15ClN4. The van der Waals surface area contributed by atoms with E-state index in [4.69, 9.17) is 11.6 Å². The van der Waals surface area contributed by atoms with E-state index in [1.165, 1.54) is 25.9 Å². The molecule has 3 rings (SSSR count). The maximum absolute atomic E-state index is 5.87. The van der Waals surface area contributed by atoms with Gasteiger partial charge < -0.3 is 0 Å². The van der Waals surface area contributed by atoms with Crippen molar-refractivity contribution in [2.45, 2.75) is 19.4 Å². The van der Waals surface area contributed by atoms with Gasteiger partial charge in [0.1, 0.15) is 0 Å². The van der Waals surface area contributed by atoms with Gasteiger partial charge in [-0.15, -0.1) is 5.10 Å². The molecule has 4 nitrogen and oxygen atoms in total. The second-order valence-electron chi connectivity index (χ2n) is 4.61. The van der Waals surface area contributed by atoms with Crippen molar-refractivity contribution in [2.24, 2.45) is 0 Å². The highest BCUT2D eigenvalue weighted by atomic mass is 35.5. The van der Waals surface area contributed by atoms with E-state index in [2.05, 4.69) is 15.2 Å². The fraction of sp³-hybridized carbons (Fsp3) is 0.385. The van der Waals surface area contributed by atoms with Crippen LogP contribution >= 0.6 is 11.6 Å². The zero-order valence-corrected chi connectivity index (χ0v) is 10.8. The Balaban J connectivity index is 1.74. The molecule has 0 spiro atoms. The molecule has 0 atom stereocenters. The summed E-state index contributed by atoms with van der Waals surface area (Å²) in [7, 11) is 0. The van der Waals surface area contributed by atoms with Crippen LogP contribution in [-0.2, 0) is 6.54 Å². The molecule has 1 aromatic carbocycles. The largest absolute Gasteiger partial charge is 0.297 e. The third-order valence-electron chi connectivity index (χ3n) is 3.22. The molecule has 1 saturated heterocycles. The van der Waals surface area contributed by atoms with Crippen LogP contribution in [0, 0.1) is 0 Å². The molecule has 0 amide bonds. The molecular weight excluding hydrogens is 248 g/mol. The quantitative estimate of drug-likeness (QED) is 0.852. The standard InChI is InChI=1S/C13H15ClN4/c14-11-3-5-13(6-4-11)18-10-12(15-16-18)9-17-7-1-2-8-17/h3-6,10H,1-2,7-9H2. The van der Waals surface area contributed by atoms with Gasteiger partial charge >= 0.3 is 0 Å². The van der Waals surface area contributed by atoms with Crippen LogP contribution in [0.3, 0.4) is 0 Å². The second-order valence-corrected chi connectivity index (χ2v) is 5.05. The highest BCUT2D eigenvalue weighted by Crippen LogP contribution is 2.14. The number of hydrogen-bond acceptors (Lipinski definition) is 3. The Hall–Kier alpha value is -1.39. The molecule has 18 heavy (non-hydrogen) atoms. The first-order valence-corrected chi connectivity index (χ1v) is 6.58. The van der Waals surface area contributed by atoms with Gasteiger partial charge in [0, 0.05) is 11.6 Å².